The lowest BCUT2D eigenvalue weighted by atomic mass is 9.73. The topological polar surface area (TPSA) is 58.2 Å². The van der Waals surface area contributed by atoms with Gasteiger partial charge >= 0.3 is 0 Å². The van der Waals surface area contributed by atoms with Gasteiger partial charge < -0.3 is 10.6 Å². The molecule has 1 aliphatic carbocycles. The first-order valence-electron chi connectivity index (χ1n) is 8.74. The first-order valence-corrected chi connectivity index (χ1v) is 8.74. The maximum Gasteiger partial charge on any atom is 0.251 e. The van der Waals surface area contributed by atoms with Gasteiger partial charge in [0.2, 0.25) is 5.91 Å². The molecule has 1 aliphatic rings. The molecule has 0 radical (unpaired) electrons. The normalized spacial score (nSPS) is 20.4. The van der Waals surface area contributed by atoms with E-state index in [1.165, 1.54) is 5.57 Å². The molecule has 1 aromatic rings. The number of amides is 2. The van der Waals surface area contributed by atoms with Crippen molar-refractivity contribution in [3.8, 4) is 0 Å². The molecule has 2 amide bonds. The molecule has 130 valence electrons. The number of likely N-dealkylation sites (N-methyl/N-ethyl adjacent to an activating group) is 1. The van der Waals surface area contributed by atoms with E-state index in [2.05, 4.69) is 17.6 Å². The first-order chi connectivity index (χ1) is 11.4. The van der Waals surface area contributed by atoms with Crippen molar-refractivity contribution in [1.82, 2.24) is 10.6 Å². The van der Waals surface area contributed by atoms with Crippen molar-refractivity contribution in [3.05, 3.63) is 47.0 Å². The summed E-state index contributed by atoms with van der Waals surface area (Å²) in [7, 11) is 0. The van der Waals surface area contributed by atoms with Crippen LogP contribution in [-0.4, -0.2) is 24.9 Å². The fourth-order valence-corrected chi connectivity index (χ4v) is 3.12. The molecule has 4 heteroatoms. The Morgan fingerprint density at radius 3 is 2.46 bits per heavy atom. The average Bonchev–Trinajstić information content (AvgIpc) is 2.56. The van der Waals surface area contributed by atoms with Gasteiger partial charge in [-0.3, -0.25) is 9.59 Å². The molecular formula is C20H28N2O2. The molecule has 2 N–H and O–H groups in total. The predicted octanol–water partition coefficient (Wildman–Crippen LogP) is 3.37. The van der Waals surface area contributed by atoms with E-state index >= 15 is 0 Å². The summed E-state index contributed by atoms with van der Waals surface area (Å²) in [6.45, 7) is 7.43. The minimum atomic E-state index is -0.00186. The average molecular weight is 328 g/mol. The maximum absolute atomic E-state index is 12.4. The van der Waals surface area contributed by atoms with E-state index in [0.717, 1.165) is 36.8 Å². The van der Waals surface area contributed by atoms with Crippen LogP contribution in [0.15, 0.2) is 35.9 Å². The molecule has 0 heterocycles. The number of hydrogen-bond donors (Lipinski definition) is 2. The lowest BCUT2D eigenvalue weighted by Gasteiger charge is -2.35. The summed E-state index contributed by atoms with van der Waals surface area (Å²) >= 11 is 0. The van der Waals surface area contributed by atoms with Crippen molar-refractivity contribution in [3.63, 3.8) is 0 Å². The summed E-state index contributed by atoms with van der Waals surface area (Å²) in [6.07, 6.45) is 5.58. The largest absolute Gasteiger partial charge is 0.353 e. The van der Waals surface area contributed by atoms with Crippen molar-refractivity contribution >= 4 is 11.8 Å². The highest BCUT2D eigenvalue weighted by Gasteiger charge is 2.29. The number of rotatable bonds is 5. The molecule has 0 atom stereocenters. The number of aryl methyl sites for hydroxylation is 1. The minimum absolute atomic E-state index is 0.00186. The van der Waals surface area contributed by atoms with Crippen molar-refractivity contribution < 1.29 is 9.59 Å². The summed E-state index contributed by atoms with van der Waals surface area (Å²) in [5.74, 6) is 0.00180. The fourth-order valence-electron chi connectivity index (χ4n) is 3.12. The van der Waals surface area contributed by atoms with E-state index in [0.29, 0.717) is 13.1 Å². The Hall–Kier alpha value is -2.10. The van der Waals surface area contributed by atoms with Gasteiger partial charge in [-0.2, -0.15) is 0 Å². The van der Waals surface area contributed by atoms with Crippen molar-refractivity contribution in [2.24, 2.45) is 5.41 Å². The van der Waals surface area contributed by atoms with E-state index in [9.17, 15) is 9.59 Å². The summed E-state index contributed by atoms with van der Waals surface area (Å²) < 4.78 is 0. The number of allylic oxidation sites excluding steroid dienone is 1. The molecule has 0 bridgehead atoms. The van der Waals surface area contributed by atoms with Crippen LogP contribution < -0.4 is 10.6 Å². The summed E-state index contributed by atoms with van der Waals surface area (Å²) in [6, 6.07) is 7.65. The molecule has 1 aromatic carbocycles. The minimum Gasteiger partial charge on any atom is -0.353 e. The van der Waals surface area contributed by atoms with E-state index in [4.69, 9.17) is 0 Å². The summed E-state index contributed by atoms with van der Waals surface area (Å²) in [4.78, 5) is 24.0. The van der Waals surface area contributed by atoms with Crippen LogP contribution in [0.2, 0.25) is 0 Å². The predicted molar refractivity (Wildman–Crippen MR) is 96.9 cm³/mol. The Morgan fingerprint density at radius 2 is 1.83 bits per heavy atom. The van der Waals surface area contributed by atoms with E-state index in [1.807, 2.05) is 38.1 Å². The summed E-state index contributed by atoms with van der Waals surface area (Å²) in [5, 5.41) is 5.89. The van der Waals surface area contributed by atoms with Crippen LogP contribution >= 0.6 is 0 Å². The highest BCUT2D eigenvalue weighted by molar-refractivity contribution is 5.95. The molecule has 0 spiro atoms. The van der Waals surface area contributed by atoms with Crippen molar-refractivity contribution in [1.29, 1.82) is 0 Å². The molecule has 0 aliphatic heterocycles. The van der Waals surface area contributed by atoms with Gasteiger partial charge in [0.15, 0.2) is 0 Å². The third-order valence-electron chi connectivity index (χ3n) is 4.85. The van der Waals surface area contributed by atoms with Gasteiger partial charge in [-0.15, -0.1) is 0 Å². The molecule has 24 heavy (non-hydrogen) atoms. The molecule has 4 nitrogen and oxygen atoms in total. The zero-order valence-electron chi connectivity index (χ0n) is 14.9. The van der Waals surface area contributed by atoms with Crippen LogP contribution in [0, 0.1) is 12.3 Å². The number of benzene rings is 1. The van der Waals surface area contributed by atoms with Gasteiger partial charge in [0.05, 0.1) is 0 Å². The second kappa shape index (κ2) is 8.13. The number of nitrogens with one attached hydrogen (secondary N) is 2. The standard InChI is InChI=1S/C20H28N2O2/c1-4-21-18(23)13-16-9-11-20(3,12-10-16)14-22-19(24)17-8-6-5-7-15(17)2/h5-8,13H,4,9-12,14H2,1-3H3,(H,21,23)(H,22,24). The van der Waals surface area contributed by atoms with Gasteiger partial charge in [0, 0.05) is 24.7 Å². The zero-order chi connectivity index (χ0) is 17.6. The molecule has 2 rings (SSSR count). The smallest absolute Gasteiger partial charge is 0.251 e. The lowest BCUT2D eigenvalue weighted by molar-refractivity contribution is -0.116. The Kier molecular flexibility index (Phi) is 6.18. The Morgan fingerprint density at radius 1 is 1.17 bits per heavy atom. The molecule has 1 fully saturated rings. The van der Waals surface area contributed by atoms with Gasteiger partial charge in [0.25, 0.3) is 5.91 Å². The van der Waals surface area contributed by atoms with Crippen LogP contribution in [0.1, 0.15) is 55.5 Å². The van der Waals surface area contributed by atoms with Crippen molar-refractivity contribution in [2.45, 2.75) is 46.5 Å². The molecule has 0 aromatic heterocycles. The molecular weight excluding hydrogens is 300 g/mol. The quantitative estimate of drug-likeness (QED) is 0.814. The summed E-state index contributed by atoms with van der Waals surface area (Å²) in [5.41, 5.74) is 3.05. The highest BCUT2D eigenvalue weighted by Crippen LogP contribution is 2.37. The van der Waals surface area contributed by atoms with Crippen LogP contribution in [0.5, 0.6) is 0 Å². The molecule has 0 unspecified atom stereocenters. The van der Waals surface area contributed by atoms with Gasteiger partial charge in [0.1, 0.15) is 0 Å². The van der Waals surface area contributed by atoms with E-state index in [1.54, 1.807) is 6.08 Å². The molecule has 1 saturated carbocycles. The SMILES string of the molecule is CCNC(=O)C=C1CCC(C)(CNC(=O)c2ccccc2C)CC1. The fraction of sp³-hybridized carbons (Fsp3) is 0.500. The third-order valence-corrected chi connectivity index (χ3v) is 4.85. The number of carbonyl (C=O) groups excluding carboxylic acids is 2. The van der Waals surface area contributed by atoms with Gasteiger partial charge in [-0.05, 0) is 56.6 Å². The van der Waals surface area contributed by atoms with Crippen LogP contribution in [-0.2, 0) is 4.79 Å². The third kappa shape index (κ3) is 4.95. The van der Waals surface area contributed by atoms with Crippen molar-refractivity contribution in [2.75, 3.05) is 13.1 Å². The van der Waals surface area contributed by atoms with E-state index in [-0.39, 0.29) is 17.2 Å². The van der Waals surface area contributed by atoms with Crippen LogP contribution in [0.4, 0.5) is 0 Å². The zero-order valence-corrected chi connectivity index (χ0v) is 14.9. The second-order valence-electron chi connectivity index (χ2n) is 7.01. The highest BCUT2D eigenvalue weighted by atomic mass is 16.2. The number of carbonyl (C=O) groups is 2. The first kappa shape index (κ1) is 18.2. The lowest BCUT2D eigenvalue weighted by Crippen LogP contribution is -2.37. The Labute approximate surface area is 144 Å². The Bertz CT molecular complexity index is 624. The van der Waals surface area contributed by atoms with E-state index < -0.39 is 0 Å². The van der Waals surface area contributed by atoms with Gasteiger partial charge in [-0.25, -0.2) is 0 Å². The second-order valence-corrected chi connectivity index (χ2v) is 7.01. The van der Waals surface area contributed by atoms with Gasteiger partial charge in [-0.1, -0.05) is 30.7 Å². The number of hydrogen-bond acceptors (Lipinski definition) is 2. The monoisotopic (exact) mass is 328 g/mol. The maximum atomic E-state index is 12.4. The Balaban J connectivity index is 1.87. The van der Waals surface area contributed by atoms with Crippen LogP contribution in [0.3, 0.4) is 0 Å². The molecule has 0 saturated heterocycles. The van der Waals surface area contributed by atoms with Crippen LogP contribution in [0.25, 0.3) is 0 Å².